The maximum Gasteiger partial charge on any atom is 0.252 e. The number of ether oxygens (including phenoxy) is 2. The fraction of sp³-hybridized carbons (Fsp3) is 0.391. The average Bonchev–Trinajstić information content (AvgIpc) is 3.13. The number of nitrogens with zero attached hydrogens (tertiary/aromatic N) is 1. The lowest BCUT2D eigenvalue weighted by Crippen LogP contribution is -2.34. The van der Waals surface area contributed by atoms with E-state index in [1.807, 2.05) is 23.1 Å². The van der Waals surface area contributed by atoms with Gasteiger partial charge in [-0.2, -0.15) is 0 Å². The summed E-state index contributed by atoms with van der Waals surface area (Å²) in [4.78, 5) is 27.0. The van der Waals surface area contributed by atoms with E-state index in [1.165, 1.54) is 0 Å². The Bertz CT molecular complexity index is 933. The van der Waals surface area contributed by atoms with Gasteiger partial charge in [-0.05, 0) is 42.7 Å². The lowest BCUT2D eigenvalue weighted by molar-refractivity contribution is -0.132. The molecule has 2 aliphatic rings. The Labute approximate surface area is 181 Å². The van der Waals surface area contributed by atoms with Crippen LogP contribution in [-0.4, -0.2) is 43.0 Å². The fourth-order valence-corrected chi connectivity index (χ4v) is 4.19. The lowest BCUT2D eigenvalue weighted by atomic mass is 10.0. The van der Waals surface area contributed by atoms with E-state index in [9.17, 15) is 9.59 Å². The Morgan fingerprint density at radius 1 is 1.07 bits per heavy atom. The smallest absolute Gasteiger partial charge is 0.252 e. The third-order valence-corrected chi connectivity index (χ3v) is 5.80. The van der Waals surface area contributed by atoms with Gasteiger partial charge in [-0.3, -0.25) is 9.59 Å². The molecule has 4 rings (SSSR count). The van der Waals surface area contributed by atoms with Crippen LogP contribution in [0.3, 0.4) is 0 Å². The summed E-state index contributed by atoms with van der Waals surface area (Å²) in [5.74, 6) is 1.27. The summed E-state index contributed by atoms with van der Waals surface area (Å²) < 4.78 is 11.5. The predicted molar refractivity (Wildman–Crippen MR) is 114 cm³/mol. The van der Waals surface area contributed by atoms with Crippen molar-refractivity contribution >= 4 is 23.4 Å². The van der Waals surface area contributed by atoms with Gasteiger partial charge in [0.05, 0.1) is 29.8 Å². The molecule has 2 aliphatic heterocycles. The van der Waals surface area contributed by atoms with E-state index >= 15 is 0 Å². The predicted octanol–water partition coefficient (Wildman–Crippen LogP) is 3.98. The van der Waals surface area contributed by atoms with E-state index < -0.39 is 0 Å². The van der Waals surface area contributed by atoms with Crippen LogP contribution in [0.4, 0.5) is 0 Å². The van der Waals surface area contributed by atoms with Crippen molar-refractivity contribution in [3.05, 3.63) is 58.6 Å². The number of hydrogen-bond donors (Lipinski definition) is 1. The topological polar surface area (TPSA) is 67.9 Å². The number of hydrogen-bond acceptors (Lipinski definition) is 4. The number of amides is 2. The highest BCUT2D eigenvalue weighted by atomic mass is 35.5. The van der Waals surface area contributed by atoms with Crippen molar-refractivity contribution in [3.8, 4) is 11.5 Å². The summed E-state index contributed by atoms with van der Waals surface area (Å²) in [7, 11) is 0. The molecule has 0 saturated carbocycles. The number of carbonyl (C=O) groups excluding carboxylic acids is 2. The first-order valence-electron chi connectivity index (χ1n) is 10.4. The van der Waals surface area contributed by atoms with Crippen molar-refractivity contribution in [1.29, 1.82) is 0 Å². The van der Waals surface area contributed by atoms with Crippen molar-refractivity contribution in [3.63, 3.8) is 0 Å². The molecule has 1 fully saturated rings. The summed E-state index contributed by atoms with van der Waals surface area (Å²) in [6, 6.07) is 12.8. The molecule has 1 N–H and O–H groups in total. The molecule has 7 heteroatoms. The van der Waals surface area contributed by atoms with Gasteiger partial charge in [-0.25, -0.2) is 0 Å². The largest absolute Gasteiger partial charge is 0.490 e. The highest BCUT2D eigenvalue weighted by Gasteiger charge is 2.30. The van der Waals surface area contributed by atoms with Crippen molar-refractivity contribution in [1.82, 2.24) is 10.2 Å². The number of fused-ring (bicyclic) bond motifs is 1. The molecule has 6 nitrogen and oxygen atoms in total. The minimum Gasteiger partial charge on any atom is -0.490 e. The Morgan fingerprint density at radius 3 is 2.70 bits per heavy atom. The summed E-state index contributed by atoms with van der Waals surface area (Å²) in [6.07, 6.45) is 2.98. The molecular formula is C23H25ClN2O4. The monoisotopic (exact) mass is 428 g/mol. The van der Waals surface area contributed by atoms with E-state index in [2.05, 4.69) is 5.32 Å². The fourth-order valence-electron chi connectivity index (χ4n) is 3.97. The maximum absolute atomic E-state index is 12.9. The van der Waals surface area contributed by atoms with Gasteiger partial charge in [0.2, 0.25) is 5.91 Å². The molecule has 0 aliphatic carbocycles. The van der Waals surface area contributed by atoms with Crippen LogP contribution in [0.25, 0.3) is 0 Å². The molecule has 2 aromatic carbocycles. The third-order valence-electron chi connectivity index (χ3n) is 5.47. The van der Waals surface area contributed by atoms with E-state index in [1.54, 1.807) is 24.3 Å². The van der Waals surface area contributed by atoms with Crippen LogP contribution in [0, 0.1) is 0 Å². The molecule has 0 aromatic heterocycles. The first kappa shape index (κ1) is 20.5. The number of likely N-dealkylation sites (tertiary alicyclic amines) is 1. The Kier molecular flexibility index (Phi) is 6.43. The van der Waals surface area contributed by atoms with Crippen LogP contribution in [0.15, 0.2) is 42.5 Å². The second kappa shape index (κ2) is 9.39. The highest BCUT2D eigenvalue weighted by molar-refractivity contribution is 6.33. The van der Waals surface area contributed by atoms with Crippen LogP contribution >= 0.6 is 11.6 Å². The van der Waals surface area contributed by atoms with Gasteiger partial charge in [0.1, 0.15) is 0 Å². The quantitative estimate of drug-likeness (QED) is 0.782. The zero-order chi connectivity index (χ0) is 20.9. The first-order valence-corrected chi connectivity index (χ1v) is 10.7. The number of rotatable bonds is 5. The van der Waals surface area contributed by atoms with Gasteiger partial charge in [0.25, 0.3) is 5.91 Å². The van der Waals surface area contributed by atoms with Crippen LogP contribution in [0.5, 0.6) is 11.5 Å². The summed E-state index contributed by atoms with van der Waals surface area (Å²) in [5.41, 5.74) is 1.48. The second-order valence-electron chi connectivity index (χ2n) is 7.49. The summed E-state index contributed by atoms with van der Waals surface area (Å²) >= 11 is 6.06. The molecule has 30 heavy (non-hydrogen) atoms. The molecule has 0 radical (unpaired) electrons. The van der Waals surface area contributed by atoms with Gasteiger partial charge in [-0.1, -0.05) is 29.8 Å². The van der Waals surface area contributed by atoms with Crippen molar-refractivity contribution < 1.29 is 19.1 Å². The van der Waals surface area contributed by atoms with E-state index in [-0.39, 0.29) is 30.8 Å². The number of halogens is 1. The Morgan fingerprint density at radius 2 is 1.87 bits per heavy atom. The number of benzene rings is 2. The molecule has 2 amide bonds. The second-order valence-corrected chi connectivity index (χ2v) is 7.89. The SMILES string of the molecule is O=C(NCCC(=O)N1CCC[C@@H]1c1ccc2c(c1)OCCCO2)c1ccccc1Cl. The number of carbonyl (C=O) groups is 2. The zero-order valence-corrected chi connectivity index (χ0v) is 17.5. The van der Waals surface area contributed by atoms with Gasteiger partial charge >= 0.3 is 0 Å². The van der Waals surface area contributed by atoms with Crippen LogP contribution in [0.1, 0.15) is 47.6 Å². The van der Waals surface area contributed by atoms with Gasteiger partial charge in [0, 0.05) is 25.9 Å². The van der Waals surface area contributed by atoms with Crippen molar-refractivity contribution in [2.75, 3.05) is 26.3 Å². The highest BCUT2D eigenvalue weighted by Crippen LogP contribution is 2.38. The van der Waals surface area contributed by atoms with Crippen LogP contribution < -0.4 is 14.8 Å². The Hall–Kier alpha value is -2.73. The molecule has 0 unspecified atom stereocenters. The van der Waals surface area contributed by atoms with Crippen LogP contribution in [0.2, 0.25) is 5.02 Å². The molecule has 2 aromatic rings. The van der Waals surface area contributed by atoms with Gasteiger partial charge in [-0.15, -0.1) is 0 Å². The maximum atomic E-state index is 12.9. The Balaban J connectivity index is 1.36. The van der Waals surface area contributed by atoms with Crippen molar-refractivity contribution in [2.45, 2.75) is 31.7 Å². The minimum absolute atomic E-state index is 0.0222. The van der Waals surface area contributed by atoms with Crippen LogP contribution in [-0.2, 0) is 4.79 Å². The summed E-state index contributed by atoms with van der Waals surface area (Å²) in [6.45, 7) is 2.28. The molecule has 1 atom stereocenters. The minimum atomic E-state index is -0.269. The summed E-state index contributed by atoms with van der Waals surface area (Å²) in [5, 5.41) is 3.19. The van der Waals surface area contributed by atoms with E-state index in [0.29, 0.717) is 23.8 Å². The molecular weight excluding hydrogens is 404 g/mol. The van der Waals surface area contributed by atoms with Gasteiger partial charge < -0.3 is 19.7 Å². The van der Waals surface area contributed by atoms with E-state index in [0.717, 1.165) is 42.9 Å². The van der Waals surface area contributed by atoms with E-state index in [4.69, 9.17) is 21.1 Å². The standard InChI is InChI=1S/C23H25ClN2O4/c24-18-6-2-1-5-17(18)23(28)25-11-10-22(27)26-12-3-7-19(26)16-8-9-20-21(15-16)30-14-4-13-29-20/h1-2,5-6,8-9,15,19H,3-4,7,10-14H2,(H,25,28)/t19-/m1/s1. The molecule has 0 bridgehead atoms. The first-order chi connectivity index (χ1) is 14.6. The molecule has 158 valence electrons. The third kappa shape index (κ3) is 4.54. The van der Waals surface area contributed by atoms with Gasteiger partial charge in [0.15, 0.2) is 11.5 Å². The normalized spacial score (nSPS) is 18.0. The molecule has 1 saturated heterocycles. The molecule has 2 heterocycles. The van der Waals surface area contributed by atoms with Crippen molar-refractivity contribution in [2.24, 2.45) is 0 Å². The number of nitrogens with one attached hydrogen (secondary N) is 1. The lowest BCUT2D eigenvalue weighted by Gasteiger charge is -2.26. The molecule has 0 spiro atoms. The zero-order valence-electron chi connectivity index (χ0n) is 16.7. The average molecular weight is 429 g/mol.